The standard InChI is InChI=1S/C16H10O4/c1(11-3-5-13-15(7-11)19-9-17-13)2-12-4-6-14-16(8-12)20-10-18-14/h3-8H,9-10H2. The van der Waals surface area contributed by atoms with Crippen LogP contribution in [0.4, 0.5) is 0 Å². The van der Waals surface area contributed by atoms with Gasteiger partial charge in [-0.1, -0.05) is 11.8 Å². The fraction of sp³-hybridized carbons (Fsp3) is 0.125. The molecule has 0 aromatic heterocycles. The van der Waals surface area contributed by atoms with Crippen molar-refractivity contribution in [3.63, 3.8) is 0 Å². The van der Waals surface area contributed by atoms with Crippen LogP contribution in [0.3, 0.4) is 0 Å². The van der Waals surface area contributed by atoms with E-state index in [4.69, 9.17) is 18.9 Å². The first-order chi connectivity index (χ1) is 9.88. The predicted octanol–water partition coefficient (Wildman–Crippen LogP) is 2.54. The summed E-state index contributed by atoms with van der Waals surface area (Å²) in [6, 6.07) is 11.3. The van der Waals surface area contributed by atoms with Gasteiger partial charge in [0.05, 0.1) is 0 Å². The van der Waals surface area contributed by atoms with Gasteiger partial charge in [0.25, 0.3) is 0 Å². The Kier molecular flexibility index (Phi) is 2.43. The van der Waals surface area contributed by atoms with Crippen molar-refractivity contribution in [2.75, 3.05) is 13.6 Å². The minimum atomic E-state index is 0.272. The van der Waals surface area contributed by atoms with Crippen LogP contribution in [-0.4, -0.2) is 13.6 Å². The highest BCUT2D eigenvalue weighted by Gasteiger charge is 2.13. The fourth-order valence-corrected chi connectivity index (χ4v) is 2.09. The molecule has 4 heteroatoms. The Balaban J connectivity index is 1.63. The van der Waals surface area contributed by atoms with E-state index < -0.39 is 0 Å². The third kappa shape index (κ3) is 1.90. The molecule has 0 bridgehead atoms. The van der Waals surface area contributed by atoms with E-state index in [0.717, 1.165) is 34.1 Å². The van der Waals surface area contributed by atoms with Gasteiger partial charge in [-0.15, -0.1) is 0 Å². The zero-order valence-corrected chi connectivity index (χ0v) is 10.5. The van der Waals surface area contributed by atoms with Crippen LogP contribution < -0.4 is 18.9 Å². The minimum absolute atomic E-state index is 0.272. The van der Waals surface area contributed by atoms with E-state index in [0.29, 0.717) is 0 Å². The van der Waals surface area contributed by atoms with Crippen molar-refractivity contribution in [2.24, 2.45) is 0 Å². The molecule has 0 saturated heterocycles. The molecule has 0 spiro atoms. The SMILES string of the molecule is C(#Cc1ccc2c(c1)OCO2)c1ccc2c(c1)OCO2. The van der Waals surface area contributed by atoms with E-state index in [1.807, 2.05) is 36.4 Å². The van der Waals surface area contributed by atoms with Gasteiger partial charge in [-0.2, -0.15) is 0 Å². The zero-order valence-electron chi connectivity index (χ0n) is 10.5. The summed E-state index contributed by atoms with van der Waals surface area (Å²) in [5.41, 5.74) is 1.76. The molecule has 2 aromatic rings. The average molecular weight is 266 g/mol. The van der Waals surface area contributed by atoms with Gasteiger partial charge >= 0.3 is 0 Å². The van der Waals surface area contributed by atoms with Crippen molar-refractivity contribution in [3.8, 4) is 34.8 Å². The molecular weight excluding hydrogens is 256 g/mol. The van der Waals surface area contributed by atoms with Crippen LogP contribution >= 0.6 is 0 Å². The Morgan fingerprint density at radius 2 is 1.05 bits per heavy atom. The van der Waals surface area contributed by atoms with Crippen molar-refractivity contribution in [2.45, 2.75) is 0 Å². The molecule has 0 fully saturated rings. The first-order valence-corrected chi connectivity index (χ1v) is 6.20. The van der Waals surface area contributed by atoms with Gasteiger partial charge in [-0.05, 0) is 36.4 Å². The lowest BCUT2D eigenvalue weighted by atomic mass is 10.1. The first-order valence-electron chi connectivity index (χ1n) is 6.20. The number of ether oxygens (including phenoxy) is 4. The maximum Gasteiger partial charge on any atom is 0.231 e. The fourth-order valence-electron chi connectivity index (χ4n) is 2.09. The normalized spacial score (nSPS) is 13.8. The van der Waals surface area contributed by atoms with Gasteiger partial charge in [0.15, 0.2) is 23.0 Å². The first kappa shape index (κ1) is 11.1. The van der Waals surface area contributed by atoms with Crippen LogP contribution in [-0.2, 0) is 0 Å². The molecule has 0 saturated carbocycles. The Morgan fingerprint density at radius 1 is 0.600 bits per heavy atom. The molecule has 4 rings (SSSR count). The molecule has 2 heterocycles. The highest BCUT2D eigenvalue weighted by Crippen LogP contribution is 2.33. The maximum atomic E-state index is 5.33. The molecule has 98 valence electrons. The molecule has 2 aliphatic rings. The quantitative estimate of drug-likeness (QED) is 0.687. The third-order valence-electron chi connectivity index (χ3n) is 3.10. The summed E-state index contributed by atoms with van der Waals surface area (Å²) in [7, 11) is 0. The topological polar surface area (TPSA) is 36.9 Å². The summed E-state index contributed by atoms with van der Waals surface area (Å²) < 4.78 is 21.2. The summed E-state index contributed by atoms with van der Waals surface area (Å²) in [6.07, 6.45) is 0. The molecule has 4 nitrogen and oxygen atoms in total. The average Bonchev–Trinajstić information content (AvgIpc) is 3.12. The lowest BCUT2D eigenvalue weighted by Gasteiger charge is -1.97. The number of rotatable bonds is 0. The Labute approximate surface area is 115 Å². The molecule has 0 amide bonds. The van der Waals surface area contributed by atoms with Gasteiger partial charge in [-0.25, -0.2) is 0 Å². The molecule has 0 N–H and O–H groups in total. The van der Waals surface area contributed by atoms with Crippen LogP contribution in [0.1, 0.15) is 11.1 Å². The van der Waals surface area contributed by atoms with E-state index in [2.05, 4.69) is 11.8 Å². The monoisotopic (exact) mass is 266 g/mol. The van der Waals surface area contributed by atoms with Crippen LogP contribution in [0, 0.1) is 11.8 Å². The summed E-state index contributed by atoms with van der Waals surface area (Å²) in [6.45, 7) is 0.544. The lowest BCUT2D eigenvalue weighted by Crippen LogP contribution is -1.92. The van der Waals surface area contributed by atoms with Crippen LogP contribution in [0.2, 0.25) is 0 Å². The van der Waals surface area contributed by atoms with Crippen LogP contribution in [0.25, 0.3) is 0 Å². The second-order valence-electron chi connectivity index (χ2n) is 4.39. The van der Waals surface area contributed by atoms with Gasteiger partial charge < -0.3 is 18.9 Å². The summed E-state index contributed by atoms with van der Waals surface area (Å²) >= 11 is 0. The van der Waals surface area contributed by atoms with E-state index in [9.17, 15) is 0 Å². The van der Waals surface area contributed by atoms with E-state index in [-0.39, 0.29) is 13.6 Å². The van der Waals surface area contributed by atoms with E-state index >= 15 is 0 Å². The van der Waals surface area contributed by atoms with Crippen molar-refractivity contribution < 1.29 is 18.9 Å². The predicted molar refractivity (Wildman–Crippen MR) is 71.1 cm³/mol. The molecule has 2 aromatic carbocycles. The molecule has 0 aliphatic carbocycles. The van der Waals surface area contributed by atoms with Crippen molar-refractivity contribution in [3.05, 3.63) is 47.5 Å². The van der Waals surface area contributed by atoms with Crippen LogP contribution in [0.5, 0.6) is 23.0 Å². The molecule has 0 radical (unpaired) electrons. The number of hydrogen-bond donors (Lipinski definition) is 0. The Bertz CT molecular complexity index is 678. The maximum absolute atomic E-state index is 5.33. The second kappa shape index (κ2) is 4.39. The number of benzene rings is 2. The molecule has 20 heavy (non-hydrogen) atoms. The van der Waals surface area contributed by atoms with Gasteiger partial charge in [0, 0.05) is 11.1 Å². The summed E-state index contributed by atoms with van der Waals surface area (Å²) in [4.78, 5) is 0. The van der Waals surface area contributed by atoms with Crippen molar-refractivity contribution in [1.82, 2.24) is 0 Å². The zero-order chi connectivity index (χ0) is 13.4. The van der Waals surface area contributed by atoms with E-state index in [1.165, 1.54) is 0 Å². The van der Waals surface area contributed by atoms with Crippen molar-refractivity contribution in [1.29, 1.82) is 0 Å². The molecular formula is C16H10O4. The highest BCUT2D eigenvalue weighted by molar-refractivity contribution is 5.54. The molecule has 0 unspecified atom stereocenters. The second-order valence-corrected chi connectivity index (χ2v) is 4.39. The molecule has 2 aliphatic heterocycles. The number of fused-ring (bicyclic) bond motifs is 2. The largest absolute Gasteiger partial charge is 0.454 e. The Hall–Kier alpha value is -2.80. The van der Waals surface area contributed by atoms with Crippen molar-refractivity contribution >= 4 is 0 Å². The minimum Gasteiger partial charge on any atom is -0.454 e. The Morgan fingerprint density at radius 3 is 1.55 bits per heavy atom. The lowest BCUT2D eigenvalue weighted by molar-refractivity contribution is 0.173. The number of hydrogen-bond acceptors (Lipinski definition) is 4. The third-order valence-corrected chi connectivity index (χ3v) is 3.10. The van der Waals surface area contributed by atoms with Crippen LogP contribution in [0.15, 0.2) is 36.4 Å². The summed E-state index contributed by atoms with van der Waals surface area (Å²) in [5, 5.41) is 0. The highest BCUT2D eigenvalue weighted by atomic mass is 16.7. The van der Waals surface area contributed by atoms with Gasteiger partial charge in [0.2, 0.25) is 13.6 Å². The van der Waals surface area contributed by atoms with E-state index in [1.54, 1.807) is 0 Å². The van der Waals surface area contributed by atoms with Gasteiger partial charge in [0.1, 0.15) is 0 Å². The smallest absolute Gasteiger partial charge is 0.231 e. The summed E-state index contributed by atoms with van der Waals surface area (Å²) in [5.74, 6) is 9.20. The molecule has 0 atom stereocenters. The van der Waals surface area contributed by atoms with Gasteiger partial charge in [-0.3, -0.25) is 0 Å².